The summed E-state index contributed by atoms with van der Waals surface area (Å²) in [6.45, 7) is 0. The molecule has 0 spiro atoms. The van der Waals surface area contributed by atoms with Crippen molar-refractivity contribution in [3.8, 4) is 0 Å². The van der Waals surface area contributed by atoms with E-state index in [0.29, 0.717) is 26.8 Å². The van der Waals surface area contributed by atoms with E-state index < -0.39 is 0 Å². The third kappa shape index (κ3) is 3.21. The van der Waals surface area contributed by atoms with Crippen molar-refractivity contribution in [3.05, 3.63) is 27.8 Å². The smallest absolute Gasteiger partial charge is 0.197 e. The molecule has 0 radical (unpaired) electrons. The van der Waals surface area contributed by atoms with Crippen LogP contribution >= 0.6 is 39.3 Å². The molecule has 0 saturated carbocycles. The van der Waals surface area contributed by atoms with Gasteiger partial charge in [0, 0.05) is 16.7 Å². The fraction of sp³-hybridized carbons (Fsp3) is 0. The van der Waals surface area contributed by atoms with Gasteiger partial charge < -0.3 is 11.5 Å². The van der Waals surface area contributed by atoms with Gasteiger partial charge in [0.2, 0.25) is 0 Å². The predicted molar refractivity (Wildman–Crippen MR) is 71.9 cm³/mol. The molecule has 0 aliphatic rings. The Hall–Kier alpha value is -1.05. The van der Waals surface area contributed by atoms with Crippen molar-refractivity contribution in [2.45, 2.75) is 10.2 Å². The second-order valence-electron chi connectivity index (χ2n) is 3.04. The summed E-state index contributed by atoms with van der Waals surface area (Å²) in [6, 6.07) is 3.23. The van der Waals surface area contributed by atoms with Gasteiger partial charge in [-0.15, -0.1) is 0 Å². The van der Waals surface area contributed by atoms with E-state index in [4.69, 9.17) is 23.1 Å². The number of hydrogen-bond donors (Lipinski definition) is 2. The summed E-state index contributed by atoms with van der Waals surface area (Å²) in [5.74, 6) is 0.626. The number of hydrogen-bond acceptors (Lipinski definition) is 6. The summed E-state index contributed by atoms with van der Waals surface area (Å²) in [6.07, 6.45) is 1.64. The van der Waals surface area contributed by atoms with E-state index in [1.807, 2.05) is 0 Å². The first-order valence-electron chi connectivity index (χ1n) is 4.43. The summed E-state index contributed by atoms with van der Waals surface area (Å²) in [7, 11) is 0. The van der Waals surface area contributed by atoms with Crippen LogP contribution in [0.2, 0.25) is 5.02 Å². The zero-order chi connectivity index (χ0) is 12.4. The summed E-state index contributed by atoms with van der Waals surface area (Å²) >= 11 is 10.5. The Morgan fingerprint density at radius 1 is 1.18 bits per heavy atom. The molecule has 17 heavy (non-hydrogen) atoms. The van der Waals surface area contributed by atoms with Gasteiger partial charge in [0.05, 0.1) is 5.02 Å². The fourth-order valence-corrected chi connectivity index (χ4v) is 2.55. The van der Waals surface area contributed by atoms with Crippen LogP contribution in [0, 0.1) is 0 Å². The van der Waals surface area contributed by atoms with Crippen LogP contribution in [0.3, 0.4) is 0 Å². The molecule has 2 aromatic heterocycles. The van der Waals surface area contributed by atoms with E-state index in [9.17, 15) is 0 Å². The van der Waals surface area contributed by atoms with E-state index in [1.54, 1.807) is 12.3 Å². The predicted octanol–water partition coefficient (Wildman–Crippen LogP) is 2.60. The van der Waals surface area contributed by atoms with Crippen LogP contribution in [-0.4, -0.2) is 15.0 Å². The minimum absolute atomic E-state index is 0.313. The monoisotopic (exact) mass is 331 g/mol. The van der Waals surface area contributed by atoms with Gasteiger partial charge in [-0.3, -0.25) is 0 Å². The molecule has 0 saturated heterocycles. The summed E-state index contributed by atoms with van der Waals surface area (Å²) in [5.41, 5.74) is 11.1. The van der Waals surface area contributed by atoms with Crippen LogP contribution in [0.25, 0.3) is 0 Å². The zero-order valence-corrected chi connectivity index (χ0v) is 11.6. The molecule has 8 heteroatoms. The van der Waals surface area contributed by atoms with Gasteiger partial charge in [-0.25, -0.2) is 15.0 Å². The number of halogens is 2. The lowest BCUT2D eigenvalue weighted by atomic mass is 10.5. The molecule has 0 aliphatic carbocycles. The van der Waals surface area contributed by atoms with Crippen molar-refractivity contribution in [2.24, 2.45) is 0 Å². The number of nitrogens with zero attached hydrogens (tertiary/aromatic N) is 3. The number of nitrogen functional groups attached to an aromatic ring is 2. The van der Waals surface area contributed by atoms with Crippen molar-refractivity contribution in [3.63, 3.8) is 0 Å². The minimum atomic E-state index is 0.313. The molecule has 2 heterocycles. The molecule has 0 fully saturated rings. The summed E-state index contributed by atoms with van der Waals surface area (Å²) < 4.78 is 0.805. The lowest BCUT2D eigenvalue weighted by Crippen LogP contribution is -1.99. The van der Waals surface area contributed by atoms with Crippen LogP contribution in [0.5, 0.6) is 0 Å². The standard InChI is InChI=1S/C9H7BrClN5S/c10-4-1-5(11)8(14-3-4)17-9-15-6(12)2-7(13)16-9/h1-3H,(H4,12,13,15,16). The minimum Gasteiger partial charge on any atom is -0.383 e. The van der Waals surface area contributed by atoms with E-state index >= 15 is 0 Å². The van der Waals surface area contributed by atoms with Gasteiger partial charge in [0.25, 0.3) is 0 Å². The van der Waals surface area contributed by atoms with Crippen LogP contribution in [0.1, 0.15) is 0 Å². The molecular formula is C9H7BrClN5S. The normalized spacial score (nSPS) is 10.5. The lowest BCUT2D eigenvalue weighted by Gasteiger charge is -2.03. The Morgan fingerprint density at radius 3 is 2.41 bits per heavy atom. The molecule has 0 aliphatic heterocycles. The van der Waals surface area contributed by atoms with Gasteiger partial charge >= 0.3 is 0 Å². The molecule has 0 unspecified atom stereocenters. The van der Waals surface area contributed by atoms with Crippen LogP contribution in [-0.2, 0) is 0 Å². The highest BCUT2D eigenvalue weighted by molar-refractivity contribution is 9.10. The van der Waals surface area contributed by atoms with Crippen LogP contribution < -0.4 is 11.5 Å². The van der Waals surface area contributed by atoms with Crippen molar-refractivity contribution >= 4 is 50.9 Å². The SMILES string of the molecule is Nc1cc(N)nc(Sc2ncc(Br)cc2Cl)n1. The molecule has 0 aromatic carbocycles. The van der Waals surface area contributed by atoms with Gasteiger partial charge in [-0.2, -0.15) is 0 Å². The quantitative estimate of drug-likeness (QED) is 0.821. The number of anilines is 2. The van der Waals surface area contributed by atoms with Crippen molar-refractivity contribution in [1.82, 2.24) is 15.0 Å². The lowest BCUT2D eigenvalue weighted by molar-refractivity contribution is 0.976. The first-order valence-corrected chi connectivity index (χ1v) is 6.42. The molecular weight excluding hydrogens is 326 g/mol. The molecule has 88 valence electrons. The first-order chi connectivity index (χ1) is 8.04. The van der Waals surface area contributed by atoms with E-state index in [1.165, 1.54) is 17.8 Å². The summed E-state index contributed by atoms with van der Waals surface area (Å²) in [5, 5.41) is 1.52. The van der Waals surface area contributed by atoms with E-state index in [2.05, 4.69) is 30.9 Å². The maximum Gasteiger partial charge on any atom is 0.197 e. The Kier molecular flexibility index (Phi) is 3.70. The second-order valence-corrected chi connectivity index (χ2v) is 5.32. The Bertz CT molecular complexity index is 545. The highest BCUT2D eigenvalue weighted by Gasteiger charge is 2.08. The average molecular weight is 333 g/mol. The van der Waals surface area contributed by atoms with Gasteiger partial charge in [-0.1, -0.05) is 11.6 Å². The highest BCUT2D eigenvalue weighted by atomic mass is 79.9. The molecule has 2 aromatic rings. The highest BCUT2D eigenvalue weighted by Crippen LogP contribution is 2.31. The molecule has 2 rings (SSSR count). The van der Waals surface area contributed by atoms with Crippen molar-refractivity contribution in [2.75, 3.05) is 11.5 Å². The van der Waals surface area contributed by atoms with Gasteiger partial charge in [0.1, 0.15) is 16.7 Å². The number of nitrogens with two attached hydrogens (primary N) is 2. The summed E-state index contributed by atoms with van der Waals surface area (Å²) in [4.78, 5) is 12.2. The maximum atomic E-state index is 6.03. The van der Waals surface area contributed by atoms with E-state index in [0.717, 1.165) is 4.47 Å². The largest absolute Gasteiger partial charge is 0.383 e. The third-order valence-corrected chi connectivity index (χ3v) is 3.42. The Labute approximate surface area is 115 Å². The first kappa shape index (κ1) is 12.4. The third-order valence-electron chi connectivity index (χ3n) is 1.71. The van der Waals surface area contributed by atoms with Crippen molar-refractivity contribution in [1.29, 1.82) is 0 Å². The van der Waals surface area contributed by atoms with Crippen molar-refractivity contribution < 1.29 is 0 Å². The molecule has 0 amide bonds. The average Bonchev–Trinajstić information content (AvgIpc) is 2.21. The number of aromatic nitrogens is 3. The molecule has 0 bridgehead atoms. The zero-order valence-electron chi connectivity index (χ0n) is 8.39. The van der Waals surface area contributed by atoms with Crippen LogP contribution in [0.15, 0.2) is 33.0 Å². The number of rotatable bonds is 2. The Balaban J connectivity index is 2.31. The van der Waals surface area contributed by atoms with E-state index in [-0.39, 0.29) is 0 Å². The van der Waals surface area contributed by atoms with Gasteiger partial charge in [-0.05, 0) is 33.8 Å². The fourth-order valence-electron chi connectivity index (χ4n) is 1.07. The maximum absolute atomic E-state index is 6.03. The van der Waals surface area contributed by atoms with Gasteiger partial charge in [0.15, 0.2) is 5.16 Å². The Morgan fingerprint density at radius 2 is 1.82 bits per heavy atom. The second kappa shape index (κ2) is 5.07. The molecule has 4 N–H and O–H groups in total. The molecule has 0 atom stereocenters. The number of pyridine rings is 1. The van der Waals surface area contributed by atoms with Crippen LogP contribution in [0.4, 0.5) is 11.6 Å². The topological polar surface area (TPSA) is 90.7 Å². The molecule has 5 nitrogen and oxygen atoms in total.